The van der Waals surface area contributed by atoms with Crippen LogP contribution in [-0.2, 0) is 19.1 Å². The molecule has 6 heteroatoms. The fourth-order valence-corrected chi connectivity index (χ4v) is 2.63. The lowest BCUT2D eigenvalue weighted by Crippen LogP contribution is -2.43. The predicted molar refractivity (Wildman–Crippen MR) is 69.7 cm³/mol. The average molecular weight is 281 g/mol. The minimum atomic E-state index is -0.621. The van der Waals surface area contributed by atoms with E-state index in [1.54, 1.807) is 6.92 Å². The van der Waals surface area contributed by atoms with Gasteiger partial charge >= 0.3 is 12.1 Å². The van der Waals surface area contributed by atoms with E-state index < -0.39 is 17.9 Å². The molecule has 0 bridgehead atoms. The molecule has 6 nitrogen and oxygen atoms in total. The summed E-state index contributed by atoms with van der Waals surface area (Å²) in [5, 5.41) is 0. The van der Waals surface area contributed by atoms with E-state index in [4.69, 9.17) is 9.47 Å². The number of esters is 1. The summed E-state index contributed by atoms with van der Waals surface area (Å²) >= 11 is 0. The van der Waals surface area contributed by atoms with Crippen molar-refractivity contribution in [3.05, 3.63) is 11.6 Å². The topological polar surface area (TPSA) is 72.9 Å². The Morgan fingerprint density at radius 3 is 2.80 bits per heavy atom. The van der Waals surface area contributed by atoms with Crippen molar-refractivity contribution in [1.29, 1.82) is 0 Å². The largest absolute Gasteiger partial charge is 0.466 e. The van der Waals surface area contributed by atoms with E-state index in [9.17, 15) is 14.4 Å². The molecule has 0 unspecified atom stereocenters. The van der Waals surface area contributed by atoms with Gasteiger partial charge in [0.2, 0.25) is 5.91 Å². The highest BCUT2D eigenvalue weighted by molar-refractivity contribution is 5.96. The molecule has 0 radical (unpaired) electrons. The van der Waals surface area contributed by atoms with Gasteiger partial charge in [0.15, 0.2) is 0 Å². The van der Waals surface area contributed by atoms with Gasteiger partial charge in [-0.1, -0.05) is 11.6 Å². The number of carbonyl (C=O) groups is 3. The Hall–Kier alpha value is -1.85. The third kappa shape index (κ3) is 2.84. The van der Waals surface area contributed by atoms with Crippen LogP contribution in [0.3, 0.4) is 0 Å². The van der Waals surface area contributed by atoms with Gasteiger partial charge in [-0.25, -0.2) is 9.69 Å². The minimum Gasteiger partial charge on any atom is -0.466 e. The number of hydrogen-bond acceptors (Lipinski definition) is 5. The van der Waals surface area contributed by atoms with Crippen LogP contribution < -0.4 is 0 Å². The minimum absolute atomic E-state index is 0.218. The third-order valence-electron chi connectivity index (χ3n) is 3.68. The van der Waals surface area contributed by atoms with Crippen molar-refractivity contribution in [2.45, 2.75) is 26.7 Å². The van der Waals surface area contributed by atoms with Crippen LogP contribution in [0.5, 0.6) is 0 Å². The van der Waals surface area contributed by atoms with Crippen LogP contribution in [0.4, 0.5) is 4.79 Å². The van der Waals surface area contributed by atoms with E-state index in [0.29, 0.717) is 12.8 Å². The Balaban J connectivity index is 2.16. The van der Waals surface area contributed by atoms with E-state index in [1.165, 1.54) is 0 Å². The molecule has 0 aromatic heterocycles. The molecule has 2 amide bonds. The van der Waals surface area contributed by atoms with Crippen LogP contribution >= 0.6 is 0 Å². The van der Waals surface area contributed by atoms with E-state index in [1.807, 2.05) is 13.0 Å². The average Bonchev–Trinajstić information content (AvgIpc) is 2.84. The molecule has 1 fully saturated rings. The molecule has 20 heavy (non-hydrogen) atoms. The maximum atomic E-state index is 12.4. The molecule has 1 aliphatic heterocycles. The van der Waals surface area contributed by atoms with E-state index in [0.717, 1.165) is 10.5 Å². The summed E-state index contributed by atoms with van der Waals surface area (Å²) in [5.74, 6) is -1.76. The molecular weight excluding hydrogens is 262 g/mol. The number of amides is 2. The summed E-state index contributed by atoms with van der Waals surface area (Å²) in [5.41, 5.74) is 1.07. The monoisotopic (exact) mass is 281 g/mol. The fourth-order valence-electron chi connectivity index (χ4n) is 2.63. The highest BCUT2D eigenvalue weighted by atomic mass is 16.6. The lowest BCUT2D eigenvalue weighted by molar-refractivity contribution is -0.154. The first-order valence-electron chi connectivity index (χ1n) is 6.85. The molecule has 2 rings (SSSR count). The zero-order valence-electron chi connectivity index (χ0n) is 11.8. The van der Waals surface area contributed by atoms with Gasteiger partial charge in [-0.2, -0.15) is 0 Å². The summed E-state index contributed by atoms with van der Waals surface area (Å²) in [6.45, 7) is 4.42. The van der Waals surface area contributed by atoms with Crippen LogP contribution in [0.25, 0.3) is 0 Å². The van der Waals surface area contributed by atoms with Gasteiger partial charge in [0.25, 0.3) is 0 Å². The number of imide groups is 1. The Kier molecular flexibility index (Phi) is 4.42. The van der Waals surface area contributed by atoms with Gasteiger partial charge in [0.05, 0.1) is 25.0 Å². The van der Waals surface area contributed by atoms with Gasteiger partial charge < -0.3 is 9.47 Å². The molecule has 1 saturated heterocycles. The zero-order chi connectivity index (χ0) is 14.7. The first-order chi connectivity index (χ1) is 9.54. The van der Waals surface area contributed by atoms with Crippen LogP contribution in [0.2, 0.25) is 0 Å². The zero-order valence-corrected chi connectivity index (χ0v) is 11.8. The predicted octanol–water partition coefficient (Wildman–Crippen LogP) is 1.50. The maximum absolute atomic E-state index is 12.4. The normalized spacial score (nSPS) is 26.0. The second kappa shape index (κ2) is 6.07. The molecule has 0 aromatic rings. The molecule has 2 aliphatic rings. The summed E-state index contributed by atoms with van der Waals surface area (Å²) in [7, 11) is 0. The van der Waals surface area contributed by atoms with Gasteiger partial charge in [0.1, 0.15) is 6.61 Å². The first-order valence-corrected chi connectivity index (χ1v) is 6.85. The van der Waals surface area contributed by atoms with E-state index in [2.05, 4.69) is 0 Å². The van der Waals surface area contributed by atoms with Crippen molar-refractivity contribution in [2.75, 3.05) is 19.8 Å². The van der Waals surface area contributed by atoms with Crippen molar-refractivity contribution in [1.82, 2.24) is 4.90 Å². The number of ether oxygens (including phenoxy) is 2. The molecule has 110 valence electrons. The molecule has 1 aliphatic carbocycles. The second-order valence-electron chi connectivity index (χ2n) is 5.06. The van der Waals surface area contributed by atoms with Crippen LogP contribution in [0.15, 0.2) is 11.6 Å². The Morgan fingerprint density at radius 2 is 2.20 bits per heavy atom. The van der Waals surface area contributed by atoms with Crippen LogP contribution in [0, 0.1) is 11.8 Å². The number of nitrogens with zero attached hydrogens (tertiary/aromatic N) is 1. The number of cyclic esters (lactones) is 1. The summed E-state index contributed by atoms with van der Waals surface area (Å²) in [6.07, 6.45) is 2.28. The maximum Gasteiger partial charge on any atom is 0.416 e. The SMILES string of the molecule is CCOC(=O)[C@H]1CC(C)=CC[C@@H]1C(=O)N1CCOC1=O. The smallest absolute Gasteiger partial charge is 0.416 e. The number of allylic oxidation sites excluding steroid dienone is 2. The van der Waals surface area contributed by atoms with E-state index in [-0.39, 0.29) is 31.6 Å². The molecular formula is C14H19NO5. The number of rotatable bonds is 3. The van der Waals surface area contributed by atoms with Crippen molar-refractivity contribution < 1.29 is 23.9 Å². The van der Waals surface area contributed by atoms with Crippen LogP contribution in [-0.4, -0.2) is 42.6 Å². The molecule has 0 saturated carbocycles. The van der Waals surface area contributed by atoms with Crippen molar-refractivity contribution in [3.8, 4) is 0 Å². The summed E-state index contributed by atoms with van der Waals surface area (Å²) in [4.78, 5) is 37.0. The van der Waals surface area contributed by atoms with Crippen LogP contribution in [0.1, 0.15) is 26.7 Å². The second-order valence-corrected chi connectivity index (χ2v) is 5.06. The summed E-state index contributed by atoms with van der Waals surface area (Å²) in [6, 6.07) is 0. The fraction of sp³-hybridized carbons (Fsp3) is 0.643. The van der Waals surface area contributed by atoms with Gasteiger partial charge in [-0.3, -0.25) is 9.59 Å². The number of carbonyl (C=O) groups excluding carboxylic acids is 3. The van der Waals surface area contributed by atoms with Gasteiger partial charge in [-0.15, -0.1) is 0 Å². The van der Waals surface area contributed by atoms with Crippen molar-refractivity contribution in [2.24, 2.45) is 11.8 Å². The van der Waals surface area contributed by atoms with Crippen molar-refractivity contribution in [3.63, 3.8) is 0 Å². The third-order valence-corrected chi connectivity index (χ3v) is 3.68. The van der Waals surface area contributed by atoms with E-state index >= 15 is 0 Å². The standard InChI is InChI=1S/C14H19NO5/c1-3-19-13(17)11-8-9(2)4-5-10(11)12(16)15-6-7-20-14(15)18/h4,10-11H,3,5-8H2,1-2H3/t10-,11-/m0/s1. The number of hydrogen-bond donors (Lipinski definition) is 0. The molecule has 0 N–H and O–H groups in total. The Bertz CT molecular complexity index is 456. The van der Waals surface area contributed by atoms with Gasteiger partial charge in [-0.05, 0) is 26.7 Å². The lowest BCUT2D eigenvalue weighted by Gasteiger charge is -2.29. The molecule has 1 heterocycles. The molecule has 2 atom stereocenters. The highest BCUT2D eigenvalue weighted by Crippen LogP contribution is 2.32. The summed E-state index contributed by atoms with van der Waals surface area (Å²) < 4.78 is 9.82. The quantitative estimate of drug-likeness (QED) is 0.579. The Labute approximate surface area is 117 Å². The van der Waals surface area contributed by atoms with Crippen molar-refractivity contribution >= 4 is 18.0 Å². The van der Waals surface area contributed by atoms with Gasteiger partial charge in [0, 0.05) is 0 Å². The molecule has 0 spiro atoms. The Morgan fingerprint density at radius 1 is 1.45 bits per heavy atom. The lowest BCUT2D eigenvalue weighted by atomic mass is 9.79. The first kappa shape index (κ1) is 14.6. The highest BCUT2D eigenvalue weighted by Gasteiger charge is 2.41. The molecule has 0 aromatic carbocycles.